The normalized spacial score (nSPS) is 37.3. The maximum Gasteiger partial charge on any atom is 0.305 e. The van der Waals surface area contributed by atoms with E-state index in [9.17, 15) is 9.59 Å². The van der Waals surface area contributed by atoms with Crippen LogP contribution in [0.5, 0.6) is 0 Å². The maximum absolute atomic E-state index is 12.8. The molecule has 0 N–H and O–H groups in total. The monoisotopic (exact) mass is 475 g/mol. The fraction of sp³-hybridized carbons (Fsp3) is 0.714. The highest BCUT2D eigenvalue weighted by Crippen LogP contribution is 2.58. The second kappa shape index (κ2) is 6.33. The van der Waals surface area contributed by atoms with Crippen LogP contribution in [0.25, 0.3) is 0 Å². The lowest BCUT2D eigenvalue weighted by atomic mass is 9.95. The highest BCUT2D eigenvalue weighted by molar-refractivity contribution is 14.1. The van der Waals surface area contributed by atoms with Crippen molar-refractivity contribution in [3.8, 4) is 0 Å². The molecule has 0 bridgehead atoms. The van der Waals surface area contributed by atoms with Gasteiger partial charge < -0.3 is 19.1 Å². The summed E-state index contributed by atoms with van der Waals surface area (Å²) in [4.78, 5) is 24.8. The van der Waals surface area contributed by atoms with Gasteiger partial charge in [0, 0.05) is 30.9 Å². The van der Waals surface area contributed by atoms with E-state index in [1.54, 1.807) is 0 Å². The Balaban J connectivity index is 2.10. The Labute approximate surface area is 157 Å². The Bertz CT molecular complexity index is 580. The summed E-state index contributed by atoms with van der Waals surface area (Å²) >= 11 is 15.1. The Kier molecular flexibility index (Phi) is 4.88. The quantitative estimate of drug-likeness (QED) is 0.352. The fourth-order valence-corrected chi connectivity index (χ4v) is 4.69. The van der Waals surface area contributed by atoms with Crippen molar-refractivity contribution in [3.05, 3.63) is 10.7 Å². The predicted molar refractivity (Wildman–Crippen MR) is 91.7 cm³/mol. The Morgan fingerprint density at radius 3 is 2.70 bits per heavy atom. The highest BCUT2D eigenvalue weighted by Gasteiger charge is 2.74. The molecule has 0 unspecified atom stereocenters. The molecule has 0 radical (unpaired) electrons. The molecule has 0 amide bonds. The second-order valence-corrected chi connectivity index (χ2v) is 7.60. The van der Waals surface area contributed by atoms with Gasteiger partial charge in [-0.3, -0.25) is 9.59 Å². The number of ether oxygens (including phenoxy) is 3. The van der Waals surface area contributed by atoms with Gasteiger partial charge in [0.2, 0.25) is 5.78 Å². The first-order valence-corrected chi connectivity index (χ1v) is 9.54. The van der Waals surface area contributed by atoms with E-state index >= 15 is 0 Å². The molecule has 9 heteroatoms. The number of fused-ring (bicyclic) bond motifs is 1. The molecule has 2 saturated heterocycles. The van der Waals surface area contributed by atoms with Gasteiger partial charge in [-0.25, -0.2) is 0 Å². The Morgan fingerprint density at radius 1 is 1.48 bits per heavy atom. The van der Waals surface area contributed by atoms with E-state index in [0.29, 0.717) is 36.4 Å². The molecule has 0 aromatic carbocycles. The number of morpholine rings is 1. The van der Waals surface area contributed by atoms with E-state index in [0.717, 1.165) is 0 Å². The summed E-state index contributed by atoms with van der Waals surface area (Å²) in [7, 11) is 0. The van der Waals surface area contributed by atoms with Crippen molar-refractivity contribution in [2.75, 3.05) is 30.7 Å². The molecule has 3 atom stereocenters. The first-order valence-electron chi connectivity index (χ1n) is 7.26. The number of carbonyl (C=O) groups is 2. The van der Waals surface area contributed by atoms with Crippen LogP contribution in [0.1, 0.15) is 13.3 Å². The van der Waals surface area contributed by atoms with Crippen molar-refractivity contribution >= 4 is 57.5 Å². The number of Topliss-reactive ketones (excluding diaryl/α,β-unsaturated/α-hetero) is 1. The van der Waals surface area contributed by atoms with Gasteiger partial charge in [0.1, 0.15) is 10.7 Å². The lowest BCUT2D eigenvalue weighted by Gasteiger charge is -2.40. The molecule has 2 aliphatic heterocycles. The van der Waals surface area contributed by atoms with Crippen LogP contribution in [0, 0.1) is 0 Å². The first-order chi connectivity index (χ1) is 10.9. The number of hydrogen-bond donors (Lipinski definition) is 0. The van der Waals surface area contributed by atoms with Gasteiger partial charge in [0.15, 0.2) is 4.87 Å². The third-order valence-electron chi connectivity index (χ3n) is 4.23. The number of esters is 1. The zero-order valence-electron chi connectivity index (χ0n) is 12.4. The van der Waals surface area contributed by atoms with E-state index in [2.05, 4.69) is 22.6 Å². The minimum absolute atomic E-state index is 0.0185. The third-order valence-corrected chi connectivity index (χ3v) is 6.14. The van der Waals surface area contributed by atoms with Gasteiger partial charge in [-0.1, -0.05) is 34.2 Å². The zero-order chi connectivity index (χ0) is 16.8. The number of allylic oxidation sites excluding steroid dienone is 1. The van der Waals surface area contributed by atoms with Crippen LogP contribution in [0.2, 0.25) is 0 Å². The summed E-state index contributed by atoms with van der Waals surface area (Å²) in [6.07, 6.45) is -0.0505. The van der Waals surface area contributed by atoms with Crippen LogP contribution < -0.4 is 0 Å². The average molecular weight is 476 g/mol. The average Bonchev–Trinajstić information content (AvgIpc) is 2.87. The standard InChI is InChI=1S/C14H16Cl2INO5/c1-8(19)22-14-11(18-2-4-21-5-3-18)10(15)12(20)13(14,16)6-9(7-17)23-14/h9H,2-7H2,1H3/t9-,13-,14-/m1/s1. The van der Waals surface area contributed by atoms with Crippen LogP contribution in [0.4, 0.5) is 0 Å². The van der Waals surface area contributed by atoms with Crippen molar-refractivity contribution < 1.29 is 23.8 Å². The van der Waals surface area contributed by atoms with E-state index in [1.165, 1.54) is 6.92 Å². The number of carbonyl (C=O) groups excluding carboxylic acids is 2. The van der Waals surface area contributed by atoms with Gasteiger partial charge in [-0.15, -0.1) is 11.6 Å². The predicted octanol–water partition coefficient (Wildman–Crippen LogP) is 1.81. The van der Waals surface area contributed by atoms with E-state index < -0.39 is 22.4 Å². The molecule has 2 heterocycles. The maximum atomic E-state index is 12.8. The van der Waals surface area contributed by atoms with Crippen LogP contribution in [-0.2, 0) is 23.8 Å². The second-order valence-electron chi connectivity index (χ2n) is 5.70. The molecule has 128 valence electrons. The van der Waals surface area contributed by atoms with Crippen molar-refractivity contribution in [1.82, 2.24) is 4.90 Å². The highest BCUT2D eigenvalue weighted by atomic mass is 127. The van der Waals surface area contributed by atoms with E-state index in [4.69, 9.17) is 37.4 Å². The van der Waals surface area contributed by atoms with Crippen LogP contribution in [0.3, 0.4) is 0 Å². The summed E-state index contributed by atoms with van der Waals surface area (Å²) in [5, 5.41) is -0.0185. The molecular weight excluding hydrogens is 460 g/mol. The minimum Gasteiger partial charge on any atom is -0.424 e. The summed E-state index contributed by atoms with van der Waals surface area (Å²) in [6.45, 7) is 3.28. The number of ketones is 1. The SMILES string of the molecule is CC(=O)O[C@]12O[C@@H](CI)C[C@@]1(Cl)C(=O)C(Cl)=C2N1CCOCC1. The topological polar surface area (TPSA) is 65.1 Å². The largest absolute Gasteiger partial charge is 0.424 e. The molecule has 2 fully saturated rings. The number of hydrogen-bond acceptors (Lipinski definition) is 6. The van der Waals surface area contributed by atoms with Crippen molar-refractivity contribution in [3.63, 3.8) is 0 Å². The fourth-order valence-electron chi connectivity index (χ4n) is 3.31. The van der Waals surface area contributed by atoms with Gasteiger partial charge >= 0.3 is 5.97 Å². The molecule has 3 aliphatic rings. The summed E-state index contributed by atoms with van der Waals surface area (Å²) in [5.74, 6) is -2.69. The molecule has 1 aliphatic carbocycles. The molecule has 0 aromatic rings. The van der Waals surface area contributed by atoms with Gasteiger partial charge in [0.25, 0.3) is 5.79 Å². The van der Waals surface area contributed by atoms with E-state index in [-0.39, 0.29) is 17.6 Å². The van der Waals surface area contributed by atoms with E-state index in [1.807, 2.05) is 4.90 Å². The third kappa shape index (κ3) is 2.59. The smallest absolute Gasteiger partial charge is 0.305 e. The molecule has 0 spiro atoms. The Hall–Kier alpha value is -0.0900. The summed E-state index contributed by atoms with van der Waals surface area (Å²) in [6, 6.07) is 0. The lowest BCUT2D eigenvalue weighted by molar-refractivity contribution is -0.215. The first kappa shape index (κ1) is 17.7. The van der Waals surface area contributed by atoms with Crippen molar-refractivity contribution in [1.29, 1.82) is 0 Å². The molecule has 3 rings (SSSR count). The van der Waals surface area contributed by atoms with Crippen LogP contribution >= 0.6 is 45.8 Å². The molecule has 0 saturated carbocycles. The zero-order valence-corrected chi connectivity index (χ0v) is 16.1. The van der Waals surface area contributed by atoms with Crippen molar-refractivity contribution in [2.24, 2.45) is 0 Å². The lowest BCUT2D eigenvalue weighted by Crippen LogP contribution is -2.55. The van der Waals surface area contributed by atoms with Crippen molar-refractivity contribution in [2.45, 2.75) is 30.1 Å². The van der Waals surface area contributed by atoms with Gasteiger partial charge in [-0.2, -0.15) is 0 Å². The van der Waals surface area contributed by atoms with Crippen LogP contribution in [-0.4, -0.2) is 64.1 Å². The summed E-state index contributed by atoms with van der Waals surface area (Å²) < 4.78 is 17.5. The number of nitrogens with zero attached hydrogens (tertiary/aromatic N) is 1. The number of rotatable bonds is 3. The molecule has 0 aromatic heterocycles. The van der Waals surface area contributed by atoms with Gasteiger partial charge in [0.05, 0.1) is 19.3 Å². The molecule has 6 nitrogen and oxygen atoms in total. The molecular formula is C14H16Cl2INO5. The minimum atomic E-state index is -1.66. The van der Waals surface area contributed by atoms with Gasteiger partial charge in [-0.05, 0) is 0 Å². The molecule has 23 heavy (non-hydrogen) atoms. The number of halogens is 3. The number of alkyl halides is 2. The van der Waals surface area contributed by atoms with Crippen LogP contribution in [0.15, 0.2) is 10.7 Å². The summed E-state index contributed by atoms with van der Waals surface area (Å²) in [5.41, 5.74) is 0.352. The Morgan fingerprint density at radius 2 is 2.13 bits per heavy atom.